The Hall–Kier alpha value is -1.27. The van der Waals surface area contributed by atoms with Crippen molar-refractivity contribution in [1.29, 1.82) is 0 Å². The Morgan fingerprint density at radius 1 is 1.27 bits per heavy atom. The molecule has 0 saturated carbocycles. The molecule has 0 radical (unpaired) electrons. The lowest BCUT2D eigenvalue weighted by molar-refractivity contribution is 0.280. The molecule has 6 heteroatoms. The van der Waals surface area contributed by atoms with Crippen molar-refractivity contribution in [2.75, 3.05) is 0 Å². The van der Waals surface area contributed by atoms with E-state index in [1.807, 2.05) is 20.8 Å². The number of aliphatic hydroxyl groups is 1. The second-order valence-corrected chi connectivity index (χ2v) is 4.38. The molecular formula is C9H12N4OS. The quantitative estimate of drug-likeness (QED) is 0.831. The Balaban J connectivity index is 2.49. The zero-order valence-corrected chi connectivity index (χ0v) is 9.67. The summed E-state index contributed by atoms with van der Waals surface area (Å²) in [5, 5.41) is 22.4. The Bertz CT molecular complexity index is 488. The van der Waals surface area contributed by atoms with E-state index < -0.39 is 0 Å². The SMILES string of the molecule is Cc1nn(-c2nnc(CO)s2)c(C)c1C. The van der Waals surface area contributed by atoms with Crippen molar-refractivity contribution >= 4 is 11.3 Å². The molecule has 0 aliphatic rings. The van der Waals surface area contributed by atoms with E-state index >= 15 is 0 Å². The molecule has 2 aromatic rings. The van der Waals surface area contributed by atoms with Crippen LogP contribution in [0.2, 0.25) is 0 Å². The van der Waals surface area contributed by atoms with Gasteiger partial charge in [0.25, 0.3) is 0 Å². The van der Waals surface area contributed by atoms with Crippen LogP contribution in [0.3, 0.4) is 0 Å². The van der Waals surface area contributed by atoms with E-state index in [0.29, 0.717) is 10.1 Å². The van der Waals surface area contributed by atoms with Crippen molar-refractivity contribution in [3.8, 4) is 5.13 Å². The number of hydrogen-bond acceptors (Lipinski definition) is 5. The van der Waals surface area contributed by atoms with Crippen molar-refractivity contribution in [3.63, 3.8) is 0 Å². The fourth-order valence-corrected chi connectivity index (χ4v) is 2.00. The van der Waals surface area contributed by atoms with Crippen LogP contribution in [0.25, 0.3) is 5.13 Å². The normalized spacial score (nSPS) is 10.9. The first-order valence-corrected chi connectivity index (χ1v) is 5.41. The van der Waals surface area contributed by atoms with Gasteiger partial charge in [0.1, 0.15) is 5.01 Å². The summed E-state index contributed by atoms with van der Waals surface area (Å²) in [5.41, 5.74) is 3.22. The van der Waals surface area contributed by atoms with Crippen LogP contribution in [-0.4, -0.2) is 25.1 Å². The lowest BCUT2D eigenvalue weighted by atomic mass is 10.2. The predicted molar refractivity (Wildman–Crippen MR) is 57.2 cm³/mol. The van der Waals surface area contributed by atoms with Gasteiger partial charge in [0, 0.05) is 5.69 Å². The molecule has 0 bridgehead atoms. The van der Waals surface area contributed by atoms with Gasteiger partial charge in [0.2, 0.25) is 5.13 Å². The largest absolute Gasteiger partial charge is 0.389 e. The molecule has 0 saturated heterocycles. The minimum atomic E-state index is -0.0735. The number of aliphatic hydroxyl groups excluding tert-OH is 1. The molecule has 80 valence electrons. The maximum atomic E-state index is 8.91. The minimum Gasteiger partial charge on any atom is -0.389 e. The number of nitrogens with zero attached hydrogens (tertiary/aromatic N) is 4. The molecule has 0 aromatic carbocycles. The van der Waals surface area contributed by atoms with Crippen molar-refractivity contribution < 1.29 is 5.11 Å². The van der Waals surface area contributed by atoms with Gasteiger partial charge in [0.15, 0.2) is 0 Å². The second-order valence-electron chi connectivity index (χ2n) is 3.34. The molecule has 0 amide bonds. The number of hydrogen-bond donors (Lipinski definition) is 1. The van der Waals surface area contributed by atoms with Gasteiger partial charge in [-0.2, -0.15) is 5.10 Å². The lowest BCUT2D eigenvalue weighted by Gasteiger charge is -1.96. The smallest absolute Gasteiger partial charge is 0.233 e. The van der Waals surface area contributed by atoms with E-state index in [1.54, 1.807) is 4.68 Å². The summed E-state index contributed by atoms with van der Waals surface area (Å²) >= 11 is 1.35. The van der Waals surface area contributed by atoms with E-state index in [1.165, 1.54) is 11.3 Å². The molecule has 2 rings (SSSR count). The van der Waals surface area contributed by atoms with Crippen molar-refractivity contribution in [1.82, 2.24) is 20.0 Å². The first-order chi connectivity index (χ1) is 7.13. The second kappa shape index (κ2) is 3.71. The van der Waals surface area contributed by atoms with Gasteiger partial charge in [-0.15, -0.1) is 10.2 Å². The number of aryl methyl sites for hydroxylation is 1. The first kappa shape index (κ1) is 10.3. The molecule has 0 spiro atoms. The summed E-state index contributed by atoms with van der Waals surface area (Å²) in [5.74, 6) is 0. The average Bonchev–Trinajstić information content (AvgIpc) is 2.79. The highest BCUT2D eigenvalue weighted by Gasteiger charge is 2.12. The van der Waals surface area contributed by atoms with Gasteiger partial charge in [-0.05, 0) is 26.3 Å². The van der Waals surface area contributed by atoms with Crippen LogP contribution in [0.4, 0.5) is 0 Å². The van der Waals surface area contributed by atoms with Crippen LogP contribution in [0.15, 0.2) is 0 Å². The number of aromatic nitrogens is 4. The maximum absolute atomic E-state index is 8.91. The first-order valence-electron chi connectivity index (χ1n) is 4.60. The molecule has 0 aliphatic carbocycles. The average molecular weight is 224 g/mol. The molecule has 5 nitrogen and oxygen atoms in total. The highest BCUT2D eigenvalue weighted by Crippen LogP contribution is 2.19. The van der Waals surface area contributed by atoms with Gasteiger partial charge in [0.05, 0.1) is 12.3 Å². The Morgan fingerprint density at radius 3 is 2.47 bits per heavy atom. The molecule has 0 atom stereocenters. The highest BCUT2D eigenvalue weighted by molar-refractivity contribution is 7.13. The van der Waals surface area contributed by atoms with Gasteiger partial charge in [-0.1, -0.05) is 11.3 Å². The summed E-state index contributed by atoms with van der Waals surface area (Å²) < 4.78 is 1.77. The van der Waals surface area contributed by atoms with Gasteiger partial charge < -0.3 is 5.11 Å². The van der Waals surface area contributed by atoms with Crippen LogP contribution in [0, 0.1) is 20.8 Å². The van der Waals surface area contributed by atoms with Crippen LogP contribution in [-0.2, 0) is 6.61 Å². The third kappa shape index (κ3) is 1.66. The molecule has 0 aliphatic heterocycles. The summed E-state index contributed by atoms with van der Waals surface area (Å²) in [6.45, 7) is 5.92. The third-order valence-electron chi connectivity index (χ3n) is 2.43. The van der Waals surface area contributed by atoms with E-state index in [2.05, 4.69) is 15.3 Å². The van der Waals surface area contributed by atoms with Gasteiger partial charge >= 0.3 is 0 Å². The maximum Gasteiger partial charge on any atom is 0.233 e. The third-order valence-corrected chi connectivity index (χ3v) is 3.31. The topological polar surface area (TPSA) is 63.8 Å². The Kier molecular flexibility index (Phi) is 2.54. The van der Waals surface area contributed by atoms with Gasteiger partial charge in [-0.3, -0.25) is 0 Å². The fourth-order valence-electron chi connectivity index (χ4n) is 1.30. The van der Waals surface area contributed by atoms with Crippen LogP contribution >= 0.6 is 11.3 Å². The number of rotatable bonds is 2. The molecule has 2 heterocycles. The summed E-state index contributed by atoms with van der Waals surface area (Å²) in [6, 6.07) is 0. The van der Waals surface area contributed by atoms with Crippen molar-refractivity contribution in [2.24, 2.45) is 0 Å². The molecular weight excluding hydrogens is 212 g/mol. The summed E-state index contributed by atoms with van der Waals surface area (Å²) in [6.07, 6.45) is 0. The van der Waals surface area contributed by atoms with Gasteiger partial charge in [-0.25, -0.2) is 4.68 Å². The Morgan fingerprint density at radius 2 is 2.00 bits per heavy atom. The lowest BCUT2D eigenvalue weighted by Crippen LogP contribution is -1.98. The highest BCUT2D eigenvalue weighted by atomic mass is 32.1. The summed E-state index contributed by atoms with van der Waals surface area (Å²) in [7, 11) is 0. The van der Waals surface area contributed by atoms with E-state index in [9.17, 15) is 0 Å². The van der Waals surface area contributed by atoms with E-state index in [0.717, 1.165) is 17.0 Å². The zero-order valence-electron chi connectivity index (χ0n) is 8.85. The van der Waals surface area contributed by atoms with E-state index in [4.69, 9.17) is 5.11 Å². The summed E-state index contributed by atoms with van der Waals surface area (Å²) in [4.78, 5) is 0. The van der Waals surface area contributed by atoms with Crippen LogP contribution in [0.1, 0.15) is 22.0 Å². The molecule has 15 heavy (non-hydrogen) atoms. The van der Waals surface area contributed by atoms with Crippen molar-refractivity contribution in [2.45, 2.75) is 27.4 Å². The molecule has 1 N–H and O–H groups in total. The zero-order chi connectivity index (χ0) is 11.0. The Labute approximate surface area is 91.4 Å². The van der Waals surface area contributed by atoms with Crippen molar-refractivity contribution in [3.05, 3.63) is 22.0 Å². The molecule has 2 aromatic heterocycles. The monoisotopic (exact) mass is 224 g/mol. The van der Waals surface area contributed by atoms with E-state index in [-0.39, 0.29) is 6.61 Å². The standard InChI is InChI=1S/C9H12N4OS/c1-5-6(2)12-13(7(5)3)9-11-10-8(4-14)15-9/h14H,4H2,1-3H3. The molecule has 0 unspecified atom stereocenters. The van der Waals surface area contributed by atoms with Crippen LogP contribution in [0.5, 0.6) is 0 Å². The predicted octanol–water partition coefficient (Wildman–Crippen LogP) is 1.14. The van der Waals surface area contributed by atoms with Crippen LogP contribution < -0.4 is 0 Å². The minimum absolute atomic E-state index is 0.0735. The molecule has 0 fully saturated rings. The fraction of sp³-hybridized carbons (Fsp3) is 0.444.